The topological polar surface area (TPSA) is 41.6 Å². The summed E-state index contributed by atoms with van der Waals surface area (Å²) in [6.45, 7) is 6.88. The van der Waals surface area contributed by atoms with E-state index in [0.717, 1.165) is 50.4 Å². The van der Waals surface area contributed by atoms with E-state index >= 15 is 0 Å². The Morgan fingerprint density at radius 1 is 1.39 bits per heavy atom. The Kier molecular flexibility index (Phi) is 6.84. The number of nitrogens with one attached hydrogen (secondary N) is 1. The van der Waals surface area contributed by atoms with Crippen LogP contribution in [0.25, 0.3) is 0 Å². The van der Waals surface area contributed by atoms with Crippen LogP contribution >= 0.6 is 12.2 Å². The molecule has 0 bridgehead atoms. The van der Waals surface area contributed by atoms with Crippen LogP contribution < -0.4 is 10.1 Å². The zero-order valence-electron chi connectivity index (χ0n) is 14.0. The molecule has 1 aromatic rings. The highest BCUT2D eigenvalue weighted by molar-refractivity contribution is 7.80. The van der Waals surface area contributed by atoms with Crippen molar-refractivity contribution in [1.29, 1.82) is 0 Å². The van der Waals surface area contributed by atoms with E-state index in [9.17, 15) is 4.79 Å². The highest BCUT2D eigenvalue weighted by atomic mass is 32.1. The molecule has 23 heavy (non-hydrogen) atoms. The molecule has 1 heterocycles. The van der Waals surface area contributed by atoms with Gasteiger partial charge in [0.05, 0.1) is 6.61 Å². The van der Waals surface area contributed by atoms with Crippen LogP contribution in [0.1, 0.15) is 49.9 Å². The predicted molar refractivity (Wildman–Crippen MR) is 96.9 cm³/mol. The van der Waals surface area contributed by atoms with Gasteiger partial charge in [0, 0.05) is 18.7 Å². The molecule has 2 rings (SSSR count). The number of rotatable bonds is 5. The van der Waals surface area contributed by atoms with Crippen molar-refractivity contribution in [3.05, 3.63) is 29.8 Å². The molecule has 0 unspecified atom stereocenters. The lowest BCUT2D eigenvalue weighted by Gasteiger charge is -2.32. The molecule has 0 radical (unpaired) electrons. The fraction of sp³-hybridized carbons (Fsp3) is 0.556. The molecular formula is C18H26N2O2S. The molecule has 0 atom stereocenters. The average molecular weight is 334 g/mol. The summed E-state index contributed by atoms with van der Waals surface area (Å²) < 4.78 is 5.65. The summed E-state index contributed by atoms with van der Waals surface area (Å²) in [5, 5.41) is 3.37. The minimum absolute atomic E-state index is 0.172. The number of carbonyl (C=O) groups excluding carboxylic acids is 1. The first-order chi connectivity index (χ1) is 11.1. The number of benzene rings is 1. The Hall–Kier alpha value is -1.62. The highest BCUT2D eigenvalue weighted by Gasteiger charge is 2.19. The molecule has 126 valence electrons. The monoisotopic (exact) mass is 334 g/mol. The first-order valence-electron chi connectivity index (χ1n) is 8.43. The smallest absolute Gasteiger partial charge is 0.257 e. The molecule has 0 aromatic heterocycles. The van der Waals surface area contributed by atoms with Crippen molar-refractivity contribution in [2.75, 3.05) is 19.7 Å². The average Bonchev–Trinajstić information content (AvgIpc) is 2.56. The first kappa shape index (κ1) is 17.7. The normalized spacial score (nSPS) is 15.3. The van der Waals surface area contributed by atoms with Gasteiger partial charge in [-0.15, -0.1) is 0 Å². The van der Waals surface area contributed by atoms with Crippen LogP contribution in [0, 0.1) is 5.92 Å². The Morgan fingerprint density at radius 3 is 2.83 bits per heavy atom. The molecule has 4 nitrogen and oxygen atoms in total. The van der Waals surface area contributed by atoms with Gasteiger partial charge in [-0.05, 0) is 55.6 Å². The van der Waals surface area contributed by atoms with Crippen LogP contribution in [0.5, 0.6) is 5.75 Å². The van der Waals surface area contributed by atoms with Gasteiger partial charge in [-0.25, -0.2) is 0 Å². The third-order valence-electron chi connectivity index (χ3n) is 4.15. The molecule has 1 saturated heterocycles. The quantitative estimate of drug-likeness (QED) is 0.660. The summed E-state index contributed by atoms with van der Waals surface area (Å²) in [6.07, 6.45) is 4.34. The zero-order chi connectivity index (χ0) is 16.7. The second-order valence-electron chi connectivity index (χ2n) is 6.16. The molecule has 1 aromatic carbocycles. The molecule has 5 heteroatoms. The number of nitrogens with zero attached hydrogens (tertiary/aromatic N) is 1. The molecule has 1 aliphatic rings. The number of amides is 1. The van der Waals surface area contributed by atoms with Gasteiger partial charge >= 0.3 is 0 Å². The fourth-order valence-corrected chi connectivity index (χ4v) is 2.80. The minimum Gasteiger partial charge on any atom is -0.494 e. The van der Waals surface area contributed by atoms with Crippen molar-refractivity contribution in [2.45, 2.75) is 39.5 Å². The number of carbonyl (C=O) groups is 1. The molecule has 0 aliphatic carbocycles. The number of piperidine rings is 1. The molecular weight excluding hydrogens is 308 g/mol. The number of unbranched alkanes of at least 4 members (excludes halogenated alkanes) is 1. The summed E-state index contributed by atoms with van der Waals surface area (Å²) in [6, 6.07) is 7.26. The first-order valence-corrected chi connectivity index (χ1v) is 8.84. The zero-order valence-corrected chi connectivity index (χ0v) is 14.8. The third-order valence-corrected chi connectivity index (χ3v) is 4.51. The van der Waals surface area contributed by atoms with E-state index in [4.69, 9.17) is 17.0 Å². The number of hydrogen-bond acceptors (Lipinski definition) is 3. The van der Waals surface area contributed by atoms with E-state index in [2.05, 4.69) is 24.1 Å². The van der Waals surface area contributed by atoms with Crippen LogP contribution in [-0.2, 0) is 0 Å². The third kappa shape index (κ3) is 5.50. The maximum Gasteiger partial charge on any atom is 0.257 e. The maximum atomic E-state index is 12.4. The Morgan fingerprint density at radius 2 is 2.13 bits per heavy atom. The van der Waals surface area contributed by atoms with Crippen LogP contribution in [-0.4, -0.2) is 35.6 Å². The van der Waals surface area contributed by atoms with Gasteiger partial charge in [0.1, 0.15) is 5.75 Å². The second-order valence-corrected chi connectivity index (χ2v) is 6.55. The summed E-state index contributed by atoms with van der Waals surface area (Å²) in [5.41, 5.74) is 0.576. The van der Waals surface area contributed by atoms with Crippen molar-refractivity contribution in [3.8, 4) is 5.75 Å². The molecule has 1 aliphatic heterocycles. The van der Waals surface area contributed by atoms with Gasteiger partial charge in [-0.3, -0.25) is 10.1 Å². The highest BCUT2D eigenvalue weighted by Crippen LogP contribution is 2.17. The Bertz CT molecular complexity index is 540. The molecule has 0 saturated carbocycles. The number of ether oxygens (including phenoxy) is 1. The Balaban J connectivity index is 1.89. The van der Waals surface area contributed by atoms with Crippen LogP contribution in [0.15, 0.2) is 24.3 Å². The van der Waals surface area contributed by atoms with Crippen molar-refractivity contribution >= 4 is 23.2 Å². The van der Waals surface area contributed by atoms with Gasteiger partial charge < -0.3 is 9.64 Å². The summed E-state index contributed by atoms with van der Waals surface area (Å²) in [5.74, 6) is 1.29. The van der Waals surface area contributed by atoms with Crippen molar-refractivity contribution in [2.24, 2.45) is 5.92 Å². The molecule has 1 amide bonds. The second kappa shape index (κ2) is 8.87. The van der Waals surface area contributed by atoms with Gasteiger partial charge in [-0.2, -0.15) is 0 Å². The number of hydrogen-bond donors (Lipinski definition) is 1. The molecule has 1 N–H and O–H groups in total. The Labute approximate surface area is 144 Å². The standard InChI is InChI=1S/C18H26N2O2S/c1-3-4-12-22-16-7-5-6-15(13-16)17(21)19-18(23)20-10-8-14(2)9-11-20/h5-7,13-14H,3-4,8-12H2,1-2H3,(H,19,21,23). The van der Waals surface area contributed by atoms with Gasteiger partial charge in [0.2, 0.25) is 0 Å². The van der Waals surface area contributed by atoms with Crippen molar-refractivity contribution in [1.82, 2.24) is 10.2 Å². The minimum atomic E-state index is -0.172. The lowest BCUT2D eigenvalue weighted by atomic mass is 10.00. The van der Waals surface area contributed by atoms with Crippen molar-refractivity contribution < 1.29 is 9.53 Å². The number of likely N-dealkylation sites (tertiary alicyclic amines) is 1. The molecule has 1 fully saturated rings. The SMILES string of the molecule is CCCCOc1cccc(C(=O)NC(=S)N2CCC(C)CC2)c1. The van der Waals surface area contributed by atoms with Crippen molar-refractivity contribution in [3.63, 3.8) is 0 Å². The van der Waals surface area contributed by atoms with E-state index in [1.807, 2.05) is 12.1 Å². The van der Waals surface area contributed by atoms with E-state index in [1.165, 1.54) is 0 Å². The maximum absolute atomic E-state index is 12.4. The largest absolute Gasteiger partial charge is 0.494 e. The van der Waals surface area contributed by atoms with E-state index in [0.29, 0.717) is 17.3 Å². The van der Waals surface area contributed by atoms with Gasteiger partial charge in [0.25, 0.3) is 5.91 Å². The van der Waals surface area contributed by atoms with Crippen LogP contribution in [0.2, 0.25) is 0 Å². The van der Waals surface area contributed by atoms with E-state index < -0.39 is 0 Å². The lowest BCUT2D eigenvalue weighted by molar-refractivity contribution is 0.0971. The van der Waals surface area contributed by atoms with Gasteiger partial charge in [-0.1, -0.05) is 26.3 Å². The van der Waals surface area contributed by atoms with E-state index in [-0.39, 0.29) is 5.91 Å². The molecule has 0 spiro atoms. The predicted octanol–water partition coefficient (Wildman–Crippen LogP) is 3.61. The van der Waals surface area contributed by atoms with Crippen LogP contribution in [0.3, 0.4) is 0 Å². The van der Waals surface area contributed by atoms with Crippen LogP contribution in [0.4, 0.5) is 0 Å². The summed E-state index contributed by atoms with van der Waals surface area (Å²) in [4.78, 5) is 14.4. The summed E-state index contributed by atoms with van der Waals surface area (Å²) >= 11 is 5.37. The van der Waals surface area contributed by atoms with E-state index in [1.54, 1.807) is 12.1 Å². The lowest BCUT2D eigenvalue weighted by Crippen LogP contribution is -2.46. The fourth-order valence-electron chi connectivity index (χ4n) is 2.52. The summed E-state index contributed by atoms with van der Waals surface area (Å²) in [7, 11) is 0. The number of thiocarbonyl (C=S) groups is 1. The van der Waals surface area contributed by atoms with Gasteiger partial charge in [0.15, 0.2) is 5.11 Å².